The summed E-state index contributed by atoms with van der Waals surface area (Å²) >= 11 is 1.02. The fraction of sp³-hybridized carbons (Fsp3) is 0.273. The predicted molar refractivity (Wildman–Crippen MR) is 72.8 cm³/mol. The van der Waals surface area contributed by atoms with Crippen LogP contribution in [0.5, 0.6) is 0 Å². The Labute approximate surface area is 119 Å². The molecular weight excluding hydrogens is 302 g/mol. The van der Waals surface area contributed by atoms with Gasteiger partial charge in [-0.05, 0) is 26.0 Å². The highest BCUT2D eigenvalue weighted by Crippen LogP contribution is 2.26. The molecule has 3 N–H and O–H groups in total. The summed E-state index contributed by atoms with van der Waals surface area (Å²) in [6, 6.07) is 2.66. The number of primary sulfonamides is 1. The van der Waals surface area contributed by atoms with Crippen LogP contribution in [0.3, 0.4) is 0 Å². The lowest BCUT2D eigenvalue weighted by Crippen LogP contribution is -2.26. The number of sulfonamides is 1. The number of nitrogens with two attached hydrogens (primary N) is 1. The SMILES string of the molecule is Cc1ncoc1C(=O)NC(C)c1ccc(S(N)(=O)=O)s1. The summed E-state index contributed by atoms with van der Waals surface area (Å²) in [6.07, 6.45) is 1.19. The smallest absolute Gasteiger partial charge is 0.289 e. The van der Waals surface area contributed by atoms with E-state index in [1.165, 1.54) is 12.5 Å². The maximum Gasteiger partial charge on any atom is 0.289 e. The van der Waals surface area contributed by atoms with Crippen LogP contribution in [0.4, 0.5) is 0 Å². The monoisotopic (exact) mass is 315 g/mol. The maximum atomic E-state index is 11.9. The van der Waals surface area contributed by atoms with Gasteiger partial charge in [0.05, 0.1) is 11.7 Å². The minimum atomic E-state index is -3.72. The zero-order valence-corrected chi connectivity index (χ0v) is 12.4. The molecule has 0 saturated carbocycles. The van der Waals surface area contributed by atoms with Crippen LogP contribution >= 0.6 is 11.3 Å². The van der Waals surface area contributed by atoms with E-state index in [1.807, 2.05) is 0 Å². The summed E-state index contributed by atoms with van der Waals surface area (Å²) in [5.74, 6) is -0.266. The molecular formula is C11H13N3O4S2. The van der Waals surface area contributed by atoms with Crippen molar-refractivity contribution >= 4 is 27.3 Å². The first-order valence-electron chi connectivity index (χ1n) is 5.62. The third kappa shape index (κ3) is 3.06. The van der Waals surface area contributed by atoms with Crippen molar-refractivity contribution in [3.05, 3.63) is 34.9 Å². The van der Waals surface area contributed by atoms with Crippen LogP contribution in [-0.4, -0.2) is 19.3 Å². The van der Waals surface area contributed by atoms with E-state index in [0.29, 0.717) is 10.6 Å². The number of hydrogen-bond donors (Lipinski definition) is 2. The van der Waals surface area contributed by atoms with Crippen LogP contribution in [0, 0.1) is 6.92 Å². The first-order chi connectivity index (χ1) is 9.29. The van der Waals surface area contributed by atoms with Gasteiger partial charge in [0.1, 0.15) is 4.21 Å². The van der Waals surface area contributed by atoms with Crippen LogP contribution in [0.1, 0.15) is 34.1 Å². The summed E-state index contributed by atoms with van der Waals surface area (Å²) in [6.45, 7) is 3.40. The Morgan fingerprint density at radius 3 is 2.70 bits per heavy atom. The van der Waals surface area contributed by atoms with E-state index < -0.39 is 15.9 Å². The van der Waals surface area contributed by atoms with Crippen LogP contribution in [0.25, 0.3) is 0 Å². The number of nitrogens with one attached hydrogen (secondary N) is 1. The molecule has 1 atom stereocenters. The molecule has 1 unspecified atom stereocenters. The lowest BCUT2D eigenvalue weighted by atomic mass is 10.2. The molecule has 2 heterocycles. The van der Waals surface area contributed by atoms with Crippen molar-refractivity contribution < 1.29 is 17.6 Å². The van der Waals surface area contributed by atoms with Crippen molar-refractivity contribution in [3.63, 3.8) is 0 Å². The molecule has 9 heteroatoms. The lowest BCUT2D eigenvalue weighted by Gasteiger charge is -2.10. The Kier molecular flexibility index (Phi) is 3.93. The van der Waals surface area contributed by atoms with Crippen molar-refractivity contribution in [2.24, 2.45) is 5.14 Å². The first kappa shape index (κ1) is 14.7. The molecule has 0 aliphatic rings. The number of thiophene rings is 1. The molecule has 7 nitrogen and oxygen atoms in total. The zero-order chi connectivity index (χ0) is 14.9. The van der Waals surface area contributed by atoms with E-state index in [0.717, 1.165) is 11.3 Å². The van der Waals surface area contributed by atoms with Crippen LogP contribution in [0.15, 0.2) is 27.2 Å². The second-order valence-corrected chi connectivity index (χ2v) is 7.07. The number of carbonyl (C=O) groups excluding carboxylic acids is 1. The lowest BCUT2D eigenvalue weighted by molar-refractivity contribution is 0.0911. The molecule has 0 aliphatic heterocycles. The average Bonchev–Trinajstić information content (AvgIpc) is 2.95. The molecule has 0 aromatic carbocycles. The van der Waals surface area contributed by atoms with Gasteiger partial charge < -0.3 is 9.73 Å². The number of rotatable bonds is 4. The maximum absolute atomic E-state index is 11.9. The molecule has 0 aliphatic carbocycles. The highest BCUT2D eigenvalue weighted by molar-refractivity contribution is 7.91. The molecule has 2 aromatic rings. The van der Waals surface area contributed by atoms with Crippen molar-refractivity contribution in [1.82, 2.24) is 10.3 Å². The third-order valence-corrected chi connectivity index (χ3v) is 5.32. The Morgan fingerprint density at radius 1 is 1.50 bits per heavy atom. The highest BCUT2D eigenvalue weighted by atomic mass is 32.2. The van der Waals surface area contributed by atoms with Crippen LogP contribution in [0.2, 0.25) is 0 Å². The molecule has 108 valence electrons. The normalized spacial score (nSPS) is 13.2. The summed E-state index contributed by atoms with van der Waals surface area (Å²) in [4.78, 5) is 16.4. The third-order valence-electron chi connectivity index (χ3n) is 2.61. The number of aromatic nitrogens is 1. The largest absolute Gasteiger partial charge is 0.438 e. The van der Waals surface area contributed by atoms with Gasteiger partial charge in [-0.2, -0.15) is 0 Å². The van der Waals surface area contributed by atoms with E-state index >= 15 is 0 Å². The number of amides is 1. The summed E-state index contributed by atoms with van der Waals surface area (Å²) in [7, 11) is -3.72. The first-order valence-corrected chi connectivity index (χ1v) is 7.99. The van der Waals surface area contributed by atoms with Gasteiger partial charge in [0.2, 0.25) is 15.8 Å². The van der Waals surface area contributed by atoms with E-state index in [2.05, 4.69) is 10.3 Å². The minimum absolute atomic E-state index is 0.0597. The second kappa shape index (κ2) is 5.35. The number of carbonyl (C=O) groups is 1. The minimum Gasteiger partial charge on any atom is -0.438 e. The highest BCUT2D eigenvalue weighted by Gasteiger charge is 2.19. The summed E-state index contributed by atoms with van der Waals surface area (Å²) in [5.41, 5.74) is 0.492. The molecule has 1 amide bonds. The standard InChI is InChI=1S/C11H13N3O4S2/c1-6(8-3-4-9(19-8)20(12,16)17)14-11(15)10-7(2)13-5-18-10/h3-6H,1-2H3,(H,14,15)(H2,12,16,17). The van der Waals surface area contributed by atoms with Crippen molar-refractivity contribution in [2.75, 3.05) is 0 Å². The van der Waals surface area contributed by atoms with Gasteiger partial charge in [-0.25, -0.2) is 18.5 Å². The number of hydrogen-bond acceptors (Lipinski definition) is 6. The van der Waals surface area contributed by atoms with Gasteiger partial charge in [-0.3, -0.25) is 4.79 Å². The van der Waals surface area contributed by atoms with Crippen molar-refractivity contribution in [1.29, 1.82) is 0 Å². The topological polar surface area (TPSA) is 115 Å². The molecule has 0 bridgehead atoms. The Bertz CT molecular complexity index is 732. The number of aryl methyl sites for hydroxylation is 1. The quantitative estimate of drug-likeness (QED) is 0.879. The van der Waals surface area contributed by atoms with Crippen LogP contribution < -0.4 is 10.5 Å². The molecule has 0 saturated heterocycles. The van der Waals surface area contributed by atoms with Gasteiger partial charge >= 0.3 is 0 Å². The fourth-order valence-electron chi connectivity index (χ4n) is 1.57. The van der Waals surface area contributed by atoms with Gasteiger partial charge in [0, 0.05) is 4.88 Å². The zero-order valence-electron chi connectivity index (χ0n) is 10.8. The summed E-state index contributed by atoms with van der Waals surface area (Å²) < 4.78 is 27.4. The molecule has 2 aromatic heterocycles. The van der Waals surface area contributed by atoms with Gasteiger partial charge in [-0.1, -0.05) is 0 Å². The number of oxazole rings is 1. The van der Waals surface area contributed by atoms with Gasteiger partial charge in [0.15, 0.2) is 6.39 Å². The fourth-order valence-corrected chi connectivity index (χ4v) is 3.32. The predicted octanol–water partition coefficient (Wildman–Crippen LogP) is 1.18. The van der Waals surface area contributed by atoms with E-state index in [9.17, 15) is 13.2 Å². The molecule has 0 fully saturated rings. The summed E-state index contributed by atoms with van der Waals surface area (Å²) in [5, 5.41) is 7.75. The Balaban J connectivity index is 2.13. The van der Waals surface area contributed by atoms with Gasteiger partial charge in [-0.15, -0.1) is 11.3 Å². The van der Waals surface area contributed by atoms with Crippen molar-refractivity contribution in [2.45, 2.75) is 24.1 Å². The molecule has 0 spiro atoms. The van der Waals surface area contributed by atoms with E-state index in [4.69, 9.17) is 9.56 Å². The van der Waals surface area contributed by atoms with Gasteiger partial charge in [0.25, 0.3) is 5.91 Å². The average molecular weight is 315 g/mol. The molecule has 0 radical (unpaired) electrons. The second-order valence-electron chi connectivity index (χ2n) is 4.16. The van der Waals surface area contributed by atoms with E-state index in [-0.39, 0.29) is 16.0 Å². The van der Waals surface area contributed by atoms with Crippen LogP contribution in [-0.2, 0) is 10.0 Å². The molecule has 2 rings (SSSR count). The Morgan fingerprint density at radius 2 is 2.20 bits per heavy atom. The van der Waals surface area contributed by atoms with Crippen molar-refractivity contribution in [3.8, 4) is 0 Å². The number of nitrogens with zero attached hydrogens (tertiary/aromatic N) is 1. The Hall–Kier alpha value is -1.71. The molecule has 20 heavy (non-hydrogen) atoms. The van der Waals surface area contributed by atoms with E-state index in [1.54, 1.807) is 19.9 Å².